The number of hydrogen-bond donors (Lipinski definition) is 2. The van der Waals surface area contributed by atoms with Crippen molar-refractivity contribution in [2.24, 2.45) is 0 Å². The highest BCUT2D eigenvalue weighted by atomic mass is 35.5. The van der Waals surface area contributed by atoms with Gasteiger partial charge in [-0.3, -0.25) is 4.79 Å². The zero-order valence-electron chi connectivity index (χ0n) is 10.9. The quantitative estimate of drug-likeness (QED) is 0.897. The molecule has 2 rings (SSSR count). The number of carbonyl (C=O) groups excluding carboxylic acids is 1. The standard InChI is InChI=1S/C15H14ClFN2O/c1-10(18-13-7-5-12(17)6-8-13)15(20)19-14-4-2-3-11(16)9-14/h2-10,18H,1H3,(H,19,20)/t10-/m1/s1. The highest BCUT2D eigenvalue weighted by Crippen LogP contribution is 2.16. The first-order valence-electron chi connectivity index (χ1n) is 6.13. The van der Waals surface area contributed by atoms with E-state index in [9.17, 15) is 9.18 Å². The summed E-state index contributed by atoms with van der Waals surface area (Å²) in [6.45, 7) is 1.73. The van der Waals surface area contributed by atoms with Gasteiger partial charge in [-0.25, -0.2) is 4.39 Å². The molecule has 0 aliphatic rings. The van der Waals surface area contributed by atoms with Gasteiger partial charge in [-0.15, -0.1) is 0 Å². The summed E-state index contributed by atoms with van der Waals surface area (Å²) in [5.74, 6) is -0.511. The fourth-order valence-electron chi connectivity index (χ4n) is 1.68. The van der Waals surface area contributed by atoms with Crippen LogP contribution in [0.25, 0.3) is 0 Å². The van der Waals surface area contributed by atoms with Crippen molar-refractivity contribution in [1.29, 1.82) is 0 Å². The van der Waals surface area contributed by atoms with Gasteiger partial charge in [0, 0.05) is 16.4 Å². The van der Waals surface area contributed by atoms with Gasteiger partial charge >= 0.3 is 0 Å². The maximum Gasteiger partial charge on any atom is 0.246 e. The summed E-state index contributed by atoms with van der Waals surface area (Å²) in [7, 11) is 0. The van der Waals surface area contributed by atoms with Crippen molar-refractivity contribution in [3.8, 4) is 0 Å². The molecule has 0 spiro atoms. The smallest absolute Gasteiger partial charge is 0.246 e. The Hall–Kier alpha value is -2.07. The highest BCUT2D eigenvalue weighted by Gasteiger charge is 2.12. The molecule has 1 amide bonds. The van der Waals surface area contributed by atoms with E-state index in [1.54, 1.807) is 43.3 Å². The van der Waals surface area contributed by atoms with Crippen molar-refractivity contribution in [3.63, 3.8) is 0 Å². The minimum absolute atomic E-state index is 0.198. The third-order valence-corrected chi connectivity index (χ3v) is 2.95. The van der Waals surface area contributed by atoms with Gasteiger partial charge in [-0.1, -0.05) is 17.7 Å². The van der Waals surface area contributed by atoms with Crippen LogP contribution in [-0.4, -0.2) is 11.9 Å². The van der Waals surface area contributed by atoms with Crippen LogP contribution in [0.3, 0.4) is 0 Å². The molecule has 0 aromatic heterocycles. The molecule has 0 saturated heterocycles. The van der Waals surface area contributed by atoms with E-state index >= 15 is 0 Å². The lowest BCUT2D eigenvalue weighted by molar-refractivity contribution is -0.116. The predicted molar refractivity (Wildman–Crippen MR) is 79.6 cm³/mol. The van der Waals surface area contributed by atoms with Crippen LogP contribution in [0.5, 0.6) is 0 Å². The maximum atomic E-state index is 12.8. The Morgan fingerprint density at radius 2 is 1.85 bits per heavy atom. The van der Waals surface area contributed by atoms with Gasteiger partial charge < -0.3 is 10.6 Å². The molecule has 0 bridgehead atoms. The second-order valence-corrected chi connectivity index (χ2v) is 4.81. The number of rotatable bonds is 4. The lowest BCUT2D eigenvalue weighted by atomic mass is 10.2. The summed E-state index contributed by atoms with van der Waals surface area (Å²) in [6.07, 6.45) is 0. The molecule has 0 fully saturated rings. The molecule has 0 heterocycles. The van der Waals surface area contributed by atoms with Gasteiger partial charge in [0.1, 0.15) is 11.9 Å². The summed E-state index contributed by atoms with van der Waals surface area (Å²) in [5.41, 5.74) is 1.32. The van der Waals surface area contributed by atoms with Crippen molar-refractivity contribution in [3.05, 3.63) is 59.4 Å². The number of halogens is 2. The molecule has 20 heavy (non-hydrogen) atoms. The van der Waals surface area contributed by atoms with Crippen molar-refractivity contribution >= 4 is 28.9 Å². The van der Waals surface area contributed by atoms with E-state index in [1.165, 1.54) is 12.1 Å². The third kappa shape index (κ3) is 3.96. The molecule has 1 atom stereocenters. The van der Waals surface area contributed by atoms with Gasteiger partial charge in [0.05, 0.1) is 0 Å². The first-order valence-corrected chi connectivity index (χ1v) is 6.51. The second kappa shape index (κ2) is 6.39. The number of hydrogen-bond acceptors (Lipinski definition) is 2. The summed E-state index contributed by atoms with van der Waals surface area (Å²) in [4.78, 5) is 12.0. The molecule has 0 aliphatic carbocycles. The largest absolute Gasteiger partial charge is 0.374 e. The van der Waals surface area contributed by atoms with Crippen LogP contribution in [0.15, 0.2) is 48.5 Å². The topological polar surface area (TPSA) is 41.1 Å². The molecule has 2 aromatic rings. The fourth-order valence-corrected chi connectivity index (χ4v) is 1.87. The molecule has 2 N–H and O–H groups in total. The molecule has 5 heteroatoms. The highest BCUT2D eigenvalue weighted by molar-refractivity contribution is 6.30. The molecule has 3 nitrogen and oxygen atoms in total. The van der Waals surface area contributed by atoms with Gasteiger partial charge in [0.2, 0.25) is 5.91 Å². The van der Waals surface area contributed by atoms with Crippen LogP contribution in [0.1, 0.15) is 6.92 Å². The molecule has 2 aromatic carbocycles. The van der Waals surface area contributed by atoms with E-state index in [-0.39, 0.29) is 11.7 Å². The first-order chi connectivity index (χ1) is 9.54. The molecule has 0 unspecified atom stereocenters. The lowest BCUT2D eigenvalue weighted by Gasteiger charge is -2.15. The molecular formula is C15H14ClFN2O. The van der Waals surface area contributed by atoms with E-state index in [4.69, 9.17) is 11.6 Å². The number of carbonyl (C=O) groups is 1. The van der Waals surface area contributed by atoms with Crippen LogP contribution in [0.2, 0.25) is 5.02 Å². The Morgan fingerprint density at radius 1 is 1.15 bits per heavy atom. The van der Waals surface area contributed by atoms with Crippen molar-refractivity contribution < 1.29 is 9.18 Å². The van der Waals surface area contributed by atoms with E-state index in [1.807, 2.05) is 0 Å². The van der Waals surface area contributed by atoms with E-state index in [0.29, 0.717) is 16.4 Å². The SMILES string of the molecule is C[C@@H](Nc1ccc(F)cc1)C(=O)Nc1cccc(Cl)c1. The van der Waals surface area contributed by atoms with Crippen molar-refractivity contribution in [1.82, 2.24) is 0 Å². The van der Waals surface area contributed by atoms with Crippen LogP contribution in [0, 0.1) is 5.82 Å². The minimum atomic E-state index is -0.459. The van der Waals surface area contributed by atoms with Gasteiger partial charge in [-0.2, -0.15) is 0 Å². The maximum absolute atomic E-state index is 12.8. The van der Waals surface area contributed by atoms with Crippen molar-refractivity contribution in [2.75, 3.05) is 10.6 Å². The Balaban J connectivity index is 1.96. The summed E-state index contributed by atoms with van der Waals surface area (Å²) in [5, 5.41) is 6.30. The number of nitrogens with one attached hydrogen (secondary N) is 2. The van der Waals surface area contributed by atoms with Gasteiger partial charge in [0.25, 0.3) is 0 Å². The van der Waals surface area contributed by atoms with Crippen LogP contribution < -0.4 is 10.6 Å². The summed E-state index contributed by atoms with van der Waals surface area (Å²) >= 11 is 5.85. The molecule has 0 radical (unpaired) electrons. The summed E-state index contributed by atoms with van der Waals surface area (Å²) < 4.78 is 12.8. The fraction of sp³-hybridized carbons (Fsp3) is 0.133. The average Bonchev–Trinajstić information content (AvgIpc) is 2.41. The van der Waals surface area contributed by atoms with E-state index in [2.05, 4.69) is 10.6 Å². The zero-order chi connectivity index (χ0) is 14.5. The lowest BCUT2D eigenvalue weighted by Crippen LogP contribution is -2.31. The van der Waals surface area contributed by atoms with Gasteiger partial charge in [0.15, 0.2) is 0 Å². The van der Waals surface area contributed by atoms with E-state index in [0.717, 1.165) is 0 Å². The number of benzene rings is 2. The normalized spacial score (nSPS) is 11.8. The Kier molecular flexibility index (Phi) is 4.58. The molecule has 104 valence electrons. The molecule has 0 aliphatic heterocycles. The Bertz CT molecular complexity index is 601. The Labute approximate surface area is 121 Å². The summed E-state index contributed by atoms with van der Waals surface area (Å²) in [6, 6.07) is 12.3. The third-order valence-electron chi connectivity index (χ3n) is 2.71. The van der Waals surface area contributed by atoms with Crippen molar-refractivity contribution in [2.45, 2.75) is 13.0 Å². The Morgan fingerprint density at radius 3 is 2.50 bits per heavy atom. The monoisotopic (exact) mass is 292 g/mol. The first kappa shape index (κ1) is 14.3. The number of anilines is 2. The van der Waals surface area contributed by atoms with Gasteiger partial charge in [-0.05, 0) is 49.4 Å². The average molecular weight is 293 g/mol. The van der Waals surface area contributed by atoms with E-state index < -0.39 is 6.04 Å². The molecular weight excluding hydrogens is 279 g/mol. The number of amides is 1. The van der Waals surface area contributed by atoms with Crippen LogP contribution in [-0.2, 0) is 4.79 Å². The van der Waals surface area contributed by atoms with Crippen LogP contribution >= 0.6 is 11.6 Å². The van der Waals surface area contributed by atoms with Crippen LogP contribution in [0.4, 0.5) is 15.8 Å². The second-order valence-electron chi connectivity index (χ2n) is 4.37. The predicted octanol–water partition coefficient (Wildman–Crippen LogP) is 3.92. The molecule has 0 saturated carbocycles. The zero-order valence-corrected chi connectivity index (χ0v) is 11.6. The minimum Gasteiger partial charge on any atom is -0.374 e.